The molecule has 3 aliphatic heterocycles. The Bertz CT molecular complexity index is 1390. The number of likely N-dealkylation sites (N-methyl/N-ethyl adjacent to an activating group) is 1. The van der Waals surface area contributed by atoms with Gasteiger partial charge >= 0.3 is 6.03 Å². The summed E-state index contributed by atoms with van der Waals surface area (Å²) in [4.78, 5) is 34.5. The molecule has 3 aromatic rings. The summed E-state index contributed by atoms with van der Waals surface area (Å²) in [7, 11) is 1.74. The summed E-state index contributed by atoms with van der Waals surface area (Å²) in [5.41, 5.74) is 1.75. The van der Waals surface area contributed by atoms with Crippen LogP contribution in [0.5, 0.6) is 11.5 Å². The second-order valence-electron chi connectivity index (χ2n) is 10.4. The standard InChI is InChI=1S/C29H29Cl2N5O3/c1-18-15-34(20-9-11-22(12-10-20)39-21-6-4-3-5-7-21)28-32-26-25(35(28)16-18)27(37)36(29(38)33(26)2)17-19-8-13-23(30)24(31)14-19/h3-14,18,25-26,28,32H,15-17H2,1-2H3. The number of carbonyl (C=O) groups excluding carboxylic acids is 2. The van der Waals surface area contributed by atoms with Crippen LogP contribution in [0.2, 0.25) is 10.0 Å². The molecule has 6 rings (SSSR count). The van der Waals surface area contributed by atoms with Crippen LogP contribution in [-0.4, -0.2) is 65.3 Å². The monoisotopic (exact) mass is 565 g/mol. The van der Waals surface area contributed by atoms with Crippen LogP contribution >= 0.6 is 23.2 Å². The number of carbonyl (C=O) groups is 2. The minimum atomic E-state index is -0.508. The van der Waals surface area contributed by atoms with Crippen LogP contribution in [0.1, 0.15) is 12.5 Å². The number of amides is 3. The van der Waals surface area contributed by atoms with Gasteiger partial charge in [-0.25, -0.2) is 4.79 Å². The van der Waals surface area contributed by atoms with Gasteiger partial charge in [0.15, 0.2) is 0 Å². The van der Waals surface area contributed by atoms with Crippen molar-refractivity contribution in [1.82, 2.24) is 20.0 Å². The Labute approximate surface area is 237 Å². The molecule has 1 N–H and O–H groups in total. The SMILES string of the molecule is CC1CN(c2ccc(Oc3ccccc3)cc2)C2NC3C(C(=O)N(Cc4ccc(Cl)c(Cl)c4)C(=O)N3C)N2C1. The van der Waals surface area contributed by atoms with Gasteiger partial charge in [-0.15, -0.1) is 0 Å². The van der Waals surface area contributed by atoms with Crippen LogP contribution in [0.4, 0.5) is 10.5 Å². The molecule has 202 valence electrons. The topological polar surface area (TPSA) is 68.4 Å². The minimum absolute atomic E-state index is 0.128. The van der Waals surface area contributed by atoms with Crippen LogP contribution in [-0.2, 0) is 11.3 Å². The number of para-hydroxylation sites is 1. The second-order valence-corrected chi connectivity index (χ2v) is 11.2. The van der Waals surface area contributed by atoms with Gasteiger partial charge in [-0.1, -0.05) is 54.4 Å². The molecule has 0 radical (unpaired) electrons. The summed E-state index contributed by atoms with van der Waals surface area (Å²) < 4.78 is 5.97. The van der Waals surface area contributed by atoms with Crippen LogP contribution in [0.15, 0.2) is 72.8 Å². The van der Waals surface area contributed by atoms with Gasteiger partial charge in [0.1, 0.15) is 30.0 Å². The van der Waals surface area contributed by atoms with E-state index >= 15 is 0 Å². The number of imide groups is 1. The van der Waals surface area contributed by atoms with E-state index in [1.807, 2.05) is 54.6 Å². The predicted molar refractivity (Wildman–Crippen MR) is 151 cm³/mol. The molecule has 3 aromatic carbocycles. The number of urea groups is 1. The van der Waals surface area contributed by atoms with Gasteiger partial charge in [-0.3, -0.25) is 19.9 Å². The molecule has 3 amide bonds. The highest BCUT2D eigenvalue weighted by molar-refractivity contribution is 6.42. The molecular weight excluding hydrogens is 537 g/mol. The van der Waals surface area contributed by atoms with E-state index in [4.69, 9.17) is 27.9 Å². The number of anilines is 1. The smallest absolute Gasteiger partial charge is 0.328 e. The number of halogens is 2. The van der Waals surface area contributed by atoms with Gasteiger partial charge < -0.3 is 14.5 Å². The summed E-state index contributed by atoms with van der Waals surface area (Å²) in [5, 5.41) is 4.39. The Morgan fingerprint density at radius 2 is 1.64 bits per heavy atom. The van der Waals surface area contributed by atoms with Crippen molar-refractivity contribution in [3.63, 3.8) is 0 Å². The number of nitrogens with zero attached hydrogens (tertiary/aromatic N) is 4. The molecule has 0 aromatic heterocycles. The third-order valence-corrected chi connectivity index (χ3v) is 8.30. The Morgan fingerprint density at radius 3 is 2.36 bits per heavy atom. The maximum Gasteiger partial charge on any atom is 0.328 e. The molecule has 0 saturated carbocycles. The van der Waals surface area contributed by atoms with E-state index in [9.17, 15) is 9.59 Å². The zero-order valence-corrected chi connectivity index (χ0v) is 23.1. The van der Waals surface area contributed by atoms with Crippen LogP contribution in [0.25, 0.3) is 0 Å². The number of hydrogen-bond acceptors (Lipinski definition) is 6. The van der Waals surface area contributed by atoms with Crippen molar-refractivity contribution in [3.8, 4) is 11.5 Å². The number of rotatable bonds is 5. The molecule has 39 heavy (non-hydrogen) atoms. The number of ether oxygens (including phenoxy) is 1. The number of benzene rings is 3. The van der Waals surface area contributed by atoms with Crippen molar-refractivity contribution in [2.45, 2.75) is 32.0 Å². The molecule has 10 heteroatoms. The summed E-state index contributed by atoms with van der Waals surface area (Å²) >= 11 is 12.3. The minimum Gasteiger partial charge on any atom is -0.457 e. The highest BCUT2D eigenvalue weighted by atomic mass is 35.5. The molecule has 3 fully saturated rings. The molecule has 4 unspecified atom stereocenters. The first-order chi connectivity index (χ1) is 18.8. The van der Waals surface area contributed by atoms with E-state index in [0.717, 1.165) is 35.8 Å². The van der Waals surface area contributed by atoms with E-state index in [1.54, 1.807) is 30.1 Å². The van der Waals surface area contributed by atoms with Gasteiger partial charge in [-0.05, 0) is 60.0 Å². The van der Waals surface area contributed by atoms with Crippen molar-refractivity contribution in [2.24, 2.45) is 5.92 Å². The highest BCUT2D eigenvalue weighted by Gasteiger charge is 2.56. The normalized spacial score (nSPS) is 25.1. The van der Waals surface area contributed by atoms with Gasteiger partial charge in [0.05, 0.1) is 16.6 Å². The largest absolute Gasteiger partial charge is 0.457 e. The summed E-state index contributed by atoms with van der Waals surface area (Å²) in [6, 6.07) is 21.9. The quantitative estimate of drug-likeness (QED) is 0.457. The van der Waals surface area contributed by atoms with Crippen LogP contribution in [0.3, 0.4) is 0 Å². The predicted octanol–water partition coefficient (Wildman–Crippen LogP) is 5.22. The van der Waals surface area contributed by atoms with Crippen molar-refractivity contribution < 1.29 is 14.3 Å². The summed E-state index contributed by atoms with van der Waals surface area (Å²) in [6.07, 6.45) is -0.672. The Morgan fingerprint density at radius 1 is 0.923 bits per heavy atom. The first-order valence-corrected chi connectivity index (χ1v) is 13.7. The fourth-order valence-corrected chi connectivity index (χ4v) is 6.04. The van der Waals surface area contributed by atoms with Crippen LogP contribution in [0, 0.1) is 5.92 Å². The molecule has 0 spiro atoms. The zero-order valence-electron chi connectivity index (χ0n) is 21.6. The van der Waals surface area contributed by atoms with Gasteiger partial charge in [0.25, 0.3) is 5.91 Å². The fraction of sp³-hybridized carbons (Fsp3) is 0.310. The van der Waals surface area contributed by atoms with Crippen molar-refractivity contribution in [2.75, 3.05) is 25.0 Å². The Hall–Kier alpha value is -3.30. The maximum absolute atomic E-state index is 13.8. The molecule has 0 bridgehead atoms. The number of fused-ring (bicyclic) bond motifs is 3. The summed E-state index contributed by atoms with van der Waals surface area (Å²) in [6.45, 7) is 3.85. The third-order valence-electron chi connectivity index (χ3n) is 7.56. The number of hydrogen-bond donors (Lipinski definition) is 1. The number of nitrogens with one attached hydrogen (secondary N) is 1. The Kier molecular flexibility index (Phi) is 6.89. The van der Waals surface area contributed by atoms with E-state index in [0.29, 0.717) is 16.0 Å². The fourth-order valence-electron chi connectivity index (χ4n) is 5.72. The lowest BCUT2D eigenvalue weighted by atomic mass is 10.0. The van der Waals surface area contributed by atoms with Crippen molar-refractivity contribution >= 4 is 40.8 Å². The average Bonchev–Trinajstić information content (AvgIpc) is 3.32. The lowest BCUT2D eigenvalue weighted by molar-refractivity contribution is -0.139. The highest BCUT2D eigenvalue weighted by Crippen LogP contribution is 2.36. The van der Waals surface area contributed by atoms with E-state index in [2.05, 4.69) is 22.0 Å². The Balaban J connectivity index is 1.24. The van der Waals surface area contributed by atoms with Crippen LogP contribution < -0.4 is 15.0 Å². The van der Waals surface area contributed by atoms with E-state index in [-0.39, 0.29) is 24.8 Å². The molecule has 0 aliphatic carbocycles. The summed E-state index contributed by atoms with van der Waals surface area (Å²) in [5.74, 6) is 1.62. The first kappa shape index (κ1) is 26.0. The lowest BCUT2D eigenvalue weighted by Crippen LogP contribution is -2.66. The van der Waals surface area contributed by atoms with E-state index < -0.39 is 12.2 Å². The molecule has 8 nitrogen and oxygen atoms in total. The second kappa shape index (κ2) is 10.4. The van der Waals surface area contributed by atoms with Gasteiger partial charge in [-0.2, -0.15) is 0 Å². The molecule has 4 atom stereocenters. The van der Waals surface area contributed by atoms with Crippen molar-refractivity contribution in [1.29, 1.82) is 0 Å². The molecule has 3 aliphatic rings. The average molecular weight is 566 g/mol. The van der Waals surface area contributed by atoms with E-state index in [1.165, 1.54) is 4.90 Å². The lowest BCUT2D eigenvalue weighted by Gasteiger charge is -2.46. The first-order valence-electron chi connectivity index (χ1n) is 12.9. The zero-order chi connectivity index (χ0) is 27.3. The molecule has 3 saturated heterocycles. The van der Waals surface area contributed by atoms with Crippen molar-refractivity contribution in [3.05, 3.63) is 88.4 Å². The van der Waals surface area contributed by atoms with Gasteiger partial charge in [0, 0.05) is 25.8 Å². The third kappa shape index (κ3) is 4.82. The maximum atomic E-state index is 13.8. The molecule has 3 heterocycles. The molecular formula is C29H29Cl2N5O3. The van der Waals surface area contributed by atoms with Gasteiger partial charge in [0.2, 0.25) is 0 Å².